The molecule has 0 bridgehead atoms. The van der Waals surface area contributed by atoms with Crippen LogP contribution in [0.2, 0.25) is 0 Å². The number of fused-ring (bicyclic) bond motifs is 2. The van der Waals surface area contributed by atoms with Crippen LogP contribution in [0.3, 0.4) is 0 Å². The highest BCUT2D eigenvalue weighted by molar-refractivity contribution is 7.71. The lowest BCUT2D eigenvalue weighted by atomic mass is 10.1. The largest absolute Gasteiger partial charge is 0.394 e. The highest BCUT2D eigenvalue weighted by atomic mass is 32.1. The second-order valence-electron chi connectivity index (χ2n) is 6.34. The molecule has 158 valence electrons. The summed E-state index contributed by atoms with van der Waals surface area (Å²) in [6.45, 7) is -0.402. The molecule has 0 aromatic carbocycles. The standard InChI is InChI=1S/C10H13N5O4S.C5H4N4S/c11-10-13-7-4(8(20)14-10)12-2-15(7)9-6(18)5(17)3(1-16)19-9;10-5-3-4(7-1-6-3)8-2-9-5/h2-3,5-6,9,16-18H,1H2,(H3,11,13,14,20);1-2H,(H2,6,7,8,9,10)/t3-,5-,6-,9-;/m1./s1. The van der Waals surface area contributed by atoms with Gasteiger partial charge in [-0.15, -0.1) is 0 Å². The Hall–Kier alpha value is -2.82. The van der Waals surface area contributed by atoms with Crippen molar-refractivity contribution in [3.05, 3.63) is 28.3 Å². The number of nitrogens with two attached hydrogens (primary N) is 1. The molecular formula is C15H17N9O4S2. The number of anilines is 1. The molecule has 4 aromatic rings. The molecule has 4 aromatic heterocycles. The number of nitrogens with zero attached hydrogens (tertiary/aromatic N) is 5. The van der Waals surface area contributed by atoms with Crippen LogP contribution in [0.1, 0.15) is 6.23 Å². The summed E-state index contributed by atoms with van der Waals surface area (Å²) in [5.74, 6) is 0.107. The first kappa shape index (κ1) is 20.5. The van der Waals surface area contributed by atoms with E-state index in [2.05, 4.69) is 34.9 Å². The summed E-state index contributed by atoms with van der Waals surface area (Å²) >= 11 is 9.95. The third-order valence-corrected chi connectivity index (χ3v) is 5.09. The van der Waals surface area contributed by atoms with E-state index in [1.165, 1.54) is 17.2 Å². The third kappa shape index (κ3) is 3.57. The van der Waals surface area contributed by atoms with Gasteiger partial charge in [0.1, 0.15) is 35.0 Å². The fourth-order valence-corrected chi connectivity index (χ4v) is 3.50. The Morgan fingerprint density at radius 1 is 1.10 bits per heavy atom. The van der Waals surface area contributed by atoms with Crippen molar-refractivity contribution in [2.45, 2.75) is 24.5 Å². The number of ether oxygens (including phenoxy) is 1. The first-order valence-electron chi connectivity index (χ1n) is 8.62. The van der Waals surface area contributed by atoms with Crippen LogP contribution in [0.15, 0.2) is 19.0 Å². The molecule has 1 fully saturated rings. The van der Waals surface area contributed by atoms with Crippen molar-refractivity contribution in [3.63, 3.8) is 0 Å². The second kappa shape index (κ2) is 8.13. The number of nitrogen functional groups attached to an aromatic ring is 1. The Labute approximate surface area is 177 Å². The predicted molar refractivity (Wildman–Crippen MR) is 109 cm³/mol. The number of aliphatic hydroxyl groups excluding tert-OH is 3. The zero-order valence-electron chi connectivity index (χ0n) is 15.1. The molecule has 4 atom stereocenters. The van der Waals surface area contributed by atoms with Gasteiger partial charge >= 0.3 is 0 Å². The molecule has 5 heterocycles. The van der Waals surface area contributed by atoms with Crippen molar-refractivity contribution >= 4 is 52.7 Å². The van der Waals surface area contributed by atoms with E-state index >= 15 is 0 Å². The van der Waals surface area contributed by atoms with Crippen molar-refractivity contribution in [1.29, 1.82) is 0 Å². The van der Waals surface area contributed by atoms with Gasteiger partial charge in [0, 0.05) is 0 Å². The van der Waals surface area contributed by atoms with Gasteiger partial charge in [0.15, 0.2) is 27.1 Å². The van der Waals surface area contributed by atoms with Crippen LogP contribution in [0.25, 0.3) is 22.3 Å². The van der Waals surface area contributed by atoms with Crippen LogP contribution < -0.4 is 5.73 Å². The minimum absolute atomic E-state index is 0.107. The van der Waals surface area contributed by atoms with E-state index in [1.54, 1.807) is 6.33 Å². The molecule has 1 aliphatic rings. The van der Waals surface area contributed by atoms with Crippen molar-refractivity contribution < 1.29 is 20.1 Å². The molecule has 0 amide bonds. The fourth-order valence-electron chi connectivity index (χ4n) is 3.04. The summed E-state index contributed by atoms with van der Waals surface area (Å²) < 4.78 is 7.66. The number of aromatic amines is 3. The lowest BCUT2D eigenvalue weighted by Crippen LogP contribution is -2.33. The van der Waals surface area contributed by atoms with Crippen LogP contribution in [-0.2, 0) is 4.74 Å². The minimum Gasteiger partial charge on any atom is -0.394 e. The van der Waals surface area contributed by atoms with Crippen molar-refractivity contribution in [1.82, 2.24) is 39.5 Å². The Morgan fingerprint density at radius 2 is 1.87 bits per heavy atom. The van der Waals surface area contributed by atoms with Gasteiger partial charge in [-0.1, -0.05) is 24.4 Å². The molecule has 1 saturated heterocycles. The molecule has 0 aliphatic carbocycles. The van der Waals surface area contributed by atoms with Gasteiger partial charge in [-0.3, -0.25) is 4.57 Å². The Balaban J connectivity index is 0.000000181. The average Bonchev–Trinajstić information content (AvgIpc) is 3.42. The molecule has 0 saturated carbocycles. The van der Waals surface area contributed by atoms with Crippen molar-refractivity contribution in [2.24, 2.45) is 0 Å². The first-order valence-corrected chi connectivity index (χ1v) is 9.44. The van der Waals surface area contributed by atoms with E-state index in [0.29, 0.717) is 15.8 Å². The molecule has 0 radical (unpaired) electrons. The van der Waals surface area contributed by atoms with Gasteiger partial charge in [0.05, 0.1) is 25.6 Å². The van der Waals surface area contributed by atoms with Gasteiger partial charge < -0.3 is 40.7 Å². The van der Waals surface area contributed by atoms with Gasteiger partial charge in [0.25, 0.3) is 0 Å². The number of imidazole rings is 2. The second-order valence-corrected chi connectivity index (χ2v) is 7.11. The SMILES string of the molecule is Nc1nc(=S)c2ncn([C@@H]3O[C@H](CO)[C@@H](O)[C@H]3O)c2[nH]1.S=c1nc[nH]c2nc[nH]c12. The summed E-state index contributed by atoms with van der Waals surface area (Å²) in [4.78, 5) is 24.3. The lowest BCUT2D eigenvalue weighted by Gasteiger charge is -2.16. The van der Waals surface area contributed by atoms with Crippen molar-refractivity contribution in [2.75, 3.05) is 12.3 Å². The van der Waals surface area contributed by atoms with Crippen LogP contribution in [-0.4, -0.2) is 79.7 Å². The minimum atomic E-state index is -1.21. The zero-order chi connectivity index (χ0) is 21.4. The summed E-state index contributed by atoms with van der Waals surface area (Å²) in [6.07, 6.45) is 0.350. The first-order chi connectivity index (χ1) is 14.4. The molecular weight excluding hydrogens is 434 g/mol. The molecule has 1 aliphatic heterocycles. The van der Waals surface area contributed by atoms with Crippen LogP contribution in [0, 0.1) is 9.28 Å². The number of H-pyrrole nitrogens is 3. The van der Waals surface area contributed by atoms with E-state index in [9.17, 15) is 10.2 Å². The number of aromatic nitrogens is 8. The summed E-state index contributed by atoms with van der Waals surface area (Å²) in [7, 11) is 0. The molecule has 13 nitrogen and oxygen atoms in total. The molecule has 0 unspecified atom stereocenters. The average molecular weight is 451 g/mol. The Morgan fingerprint density at radius 3 is 2.57 bits per heavy atom. The number of rotatable bonds is 2. The number of hydrogen-bond donors (Lipinski definition) is 7. The maximum absolute atomic E-state index is 10.0. The quantitative estimate of drug-likeness (QED) is 0.197. The summed E-state index contributed by atoms with van der Waals surface area (Å²) in [5, 5.41) is 28.9. The topological polar surface area (TPSA) is 200 Å². The van der Waals surface area contributed by atoms with Crippen LogP contribution >= 0.6 is 24.4 Å². The zero-order valence-corrected chi connectivity index (χ0v) is 16.8. The number of aliphatic hydroxyl groups is 3. The lowest BCUT2D eigenvalue weighted by molar-refractivity contribution is -0.0511. The maximum Gasteiger partial charge on any atom is 0.200 e. The molecule has 0 spiro atoms. The van der Waals surface area contributed by atoms with E-state index in [4.69, 9.17) is 40.0 Å². The smallest absolute Gasteiger partial charge is 0.200 e. The highest BCUT2D eigenvalue weighted by Crippen LogP contribution is 2.31. The van der Waals surface area contributed by atoms with E-state index in [1.807, 2.05) is 0 Å². The van der Waals surface area contributed by atoms with E-state index in [0.717, 1.165) is 11.2 Å². The maximum atomic E-state index is 10.0. The molecule has 8 N–H and O–H groups in total. The van der Waals surface area contributed by atoms with Crippen LogP contribution in [0.4, 0.5) is 5.95 Å². The molecule has 15 heteroatoms. The molecule has 30 heavy (non-hydrogen) atoms. The van der Waals surface area contributed by atoms with Gasteiger partial charge in [-0.25, -0.2) is 19.9 Å². The van der Waals surface area contributed by atoms with Crippen LogP contribution in [0.5, 0.6) is 0 Å². The fraction of sp³-hybridized carbons (Fsp3) is 0.333. The monoisotopic (exact) mass is 451 g/mol. The van der Waals surface area contributed by atoms with Gasteiger partial charge in [-0.05, 0) is 0 Å². The summed E-state index contributed by atoms with van der Waals surface area (Å²) in [6, 6.07) is 0. The molecule has 5 rings (SSSR count). The normalized spacial score (nSPS) is 23.6. The Kier molecular flexibility index (Phi) is 5.54. The van der Waals surface area contributed by atoms with Gasteiger partial charge in [0.2, 0.25) is 0 Å². The van der Waals surface area contributed by atoms with E-state index in [-0.39, 0.29) is 10.6 Å². The number of hydrogen-bond acceptors (Lipinski definition) is 11. The van der Waals surface area contributed by atoms with Gasteiger partial charge in [-0.2, -0.15) is 0 Å². The number of nitrogens with one attached hydrogen (secondary N) is 3. The predicted octanol–water partition coefficient (Wildman–Crippen LogP) is -0.302. The van der Waals surface area contributed by atoms with Crippen molar-refractivity contribution in [3.8, 4) is 0 Å². The van der Waals surface area contributed by atoms with E-state index < -0.39 is 31.1 Å². The Bertz CT molecular complexity index is 1300. The third-order valence-electron chi connectivity index (χ3n) is 4.49. The highest BCUT2D eigenvalue weighted by Gasteiger charge is 2.43. The summed E-state index contributed by atoms with van der Waals surface area (Å²) in [5.41, 5.74) is 7.98.